The predicted molar refractivity (Wildman–Crippen MR) is 65.1 cm³/mol. The molecule has 1 N–H and O–H groups in total. The summed E-state index contributed by atoms with van der Waals surface area (Å²) in [6, 6.07) is 0. The van der Waals surface area contributed by atoms with E-state index in [9.17, 15) is 4.79 Å². The van der Waals surface area contributed by atoms with E-state index in [4.69, 9.17) is 0 Å². The lowest BCUT2D eigenvalue weighted by atomic mass is 10.4. The first-order chi connectivity index (χ1) is 7.72. The molecule has 0 saturated carbocycles. The summed E-state index contributed by atoms with van der Waals surface area (Å²) in [4.78, 5) is 11.8. The van der Waals surface area contributed by atoms with E-state index < -0.39 is 0 Å². The molecule has 2 rings (SSSR count). The highest BCUT2D eigenvalue weighted by Crippen LogP contribution is 2.10. The molecule has 1 aromatic heterocycles. The molecule has 5 nitrogen and oxygen atoms in total. The van der Waals surface area contributed by atoms with Crippen molar-refractivity contribution >= 4 is 33.7 Å². The number of carbonyl (C=O) groups is 1. The Kier molecular flexibility index (Phi) is 3.45. The van der Waals surface area contributed by atoms with E-state index in [1.807, 2.05) is 17.6 Å². The van der Waals surface area contributed by atoms with Gasteiger partial charge in [-0.15, -0.1) is 5.10 Å². The largest absolute Gasteiger partial charge is 0.285 e. The van der Waals surface area contributed by atoms with Crippen LogP contribution >= 0.6 is 11.5 Å². The van der Waals surface area contributed by atoms with E-state index in [2.05, 4.69) is 20.8 Å². The van der Waals surface area contributed by atoms with Crippen molar-refractivity contribution in [1.82, 2.24) is 9.38 Å². The summed E-state index contributed by atoms with van der Waals surface area (Å²) in [5.41, 5.74) is 2.46. The number of rotatable bonds is 2. The first kappa shape index (κ1) is 11.4. The van der Waals surface area contributed by atoms with Gasteiger partial charge in [0.25, 0.3) is 5.91 Å². The van der Waals surface area contributed by atoms with Gasteiger partial charge in [-0.05, 0) is 18.0 Å². The number of carbonyl (C=O) groups excluding carboxylic acids is 1. The minimum atomic E-state index is -0.368. The third kappa shape index (κ3) is 2.19. The predicted octanol–water partition coefficient (Wildman–Crippen LogP) is -0.209. The Morgan fingerprint density at radius 1 is 1.81 bits per heavy atom. The van der Waals surface area contributed by atoms with Gasteiger partial charge >= 0.3 is 0 Å². The lowest BCUT2D eigenvalue weighted by molar-refractivity contribution is -0.631. The number of hydrazone groups is 1. The normalized spacial score (nSPS) is 24.2. The molecule has 1 aliphatic heterocycles. The van der Waals surface area contributed by atoms with E-state index in [1.165, 1.54) is 11.5 Å². The van der Waals surface area contributed by atoms with Crippen LogP contribution in [0.25, 0.3) is 0 Å². The highest BCUT2D eigenvalue weighted by atomic mass is 32.2. The highest BCUT2D eigenvalue weighted by molar-refractivity contribution is 8.01. The fourth-order valence-electron chi connectivity index (χ4n) is 1.45. The van der Waals surface area contributed by atoms with Gasteiger partial charge in [-0.1, -0.05) is 6.92 Å². The van der Waals surface area contributed by atoms with Crippen LogP contribution in [0, 0.1) is 0 Å². The van der Waals surface area contributed by atoms with Crippen LogP contribution in [-0.2, 0) is 10.7 Å². The number of aromatic nitrogens is 1. The van der Waals surface area contributed by atoms with Crippen molar-refractivity contribution < 1.29 is 9.90 Å². The average molecular weight is 257 g/mol. The zero-order valence-corrected chi connectivity index (χ0v) is 10.7. The molecular formula is C9H13N4OS2+. The lowest BCUT2D eigenvalue weighted by Crippen LogP contribution is -2.77. The Labute approximate surface area is 100 Å². The topological polar surface area (TPSA) is 59.5 Å². The molecule has 2 heterocycles. The van der Waals surface area contributed by atoms with Crippen LogP contribution < -0.4 is 5.10 Å². The molecule has 0 bridgehead atoms. The summed E-state index contributed by atoms with van der Waals surface area (Å²) in [5, 5.41) is 7.07. The van der Waals surface area contributed by atoms with Crippen molar-refractivity contribution in [2.75, 3.05) is 7.05 Å². The maximum Gasteiger partial charge on any atom is 0.285 e. The molecule has 1 amide bonds. The number of nitrogens with zero attached hydrogens (tertiary/aromatic N) is 3. The zero-order valence-electron chi connectivity index (χ0n) is 9.08. The van der Waals surface area contributed by atoms with E-state index in [0.717, 1.165) is 6.42 Å². The van der Waals surface area contributed by atoms with Gasteiger partial charge in [0, 0.05) is 16.1 Å². The fraction of sp³-hybridized carbons (Fsp3) is 0.444. The van der Waals surface area contributed by atoms with Gasteiger partial charge in [-0.25, -0.2) is 4.37 Å². The molecule has 0 radical (unpaired) electrons. The molecule has 16 heavy (non-hydrogen) atoms. The standard InChI is InChI=1S/C9H12N4OS2/c1-3-8-13(2)10-6-16(8)12-9(14)7-4-11-15-5-7/h4-6,8H,3H2,1-2H3/p+1. The second kappa shape index (κ2) is 4.84. The first-order valence-corrected chi connectivity index (χ1v) is 7.06. The van der Waals surface area contributed by atoms with Crippen molar-refractivity contribution in [3.05, 3.63) is 17.1 Å². The van der Waals surface area contributed by atoms with Gasteiger partial charge in [0.05, 0.1) is 18.8 Å². The van der Waals surface area contributed by atoms with Gasteiger partial charge in [0.1, 0.15) is 5.37 Å². The molecular weight excluding hydrogens is 244 g/mol. The number of nitrogens with one attached hydrogen (secondary N) is 1. The molecule has 1 aliphatic rings. The number of hydrazine groups is 1. The van der Waals surface area contributed by atoms with Crippen LogP contribution in [0.4, 0.5) is 0 Å². The minimum absolute atomic E-state index is 0.177. The zero-order chi connectivity index (χ0) is 11.5. The minimum Gasteiger partial charge on any atom is -0.266 e. The molecule has 0 aromatic carbocycles. The molecule has 0 spiro atoms. The van der Waals surface area contributed by atoms with Crippen LogP contribution in [-0.4, -0.2) is 33.3 Å². The van der Waals surface area contributed by atoms with Crippen LogP contribution in [0.3, 0.4) is 0 Å². The Balaban J connectivity index is 2.19. The SMILES string of the molecule is CCC1N(C)[NH+]=CS1=NC(=O)c1cnsc1. The molecule has 7 heteroatoms. The molecule has 0 fully saturated rings. The van der Waals surface area contributed by atoms with E-state index in [0.29, 0.717) is 5.56 Å². The van der Waals surface area contributed by atoms with Gasteiger partial charge in [0.15, 0.2) is 0 Å². The van der Waals surface area contributed by atoms with Gasteiger partial charge in [-0.2, -0.15) is 9.37 Å². The Morgan fingerprint density at radius 2 is 2.62 bits per heavy atom. The van der Waals surface area contributed by atoms with Crippen molar-refractivity contribution in [3.63, 3.8) is 0 Å². The average Bonchev–Trinajstić information content (AvgIpc) is 2.88. The third-order valence-corrected chi connectivity index (χ3v) is 4.82. The summed E-state index contributed by atoms with van der Waals surface area (Å²) < 4.78 is 8.12. The monoisotopic (exact) mass is 257 g/mol. The quantitative estimate of drug-likeness (QED) is 0.797. The summed E-state index contributed by atoms with van der Waals surface area (Å²) in [5.74, 6) is -0.177. The molecule has 1 aromatic rings. The third-order valence-electron chi connectivity index (χ3n) is 2.30. The van der Waals surface area contributed by atoms with Crippen molar-refractivity contribution in [1.29, 1.82) is 0 Å². The van der Waals surface area contributed by atoms with E-state index in [1.54, 1.807) is 11.6 Å². The van der Waals surface area contributed by atoms with Gasteiger partial charge < -0.3 is 0 Å². The number of hydrogen-bond acceptors (Lipinski definition) is 4. The Bertz CT molecular complexity index is 440. The molecule has 0 saturated heterocycles. The highest BCUT2D eigenvalue weighted by Gasteiger charge is 2.27. The Morgan fingerprint density at radius 3 is 3.25 bits per heavy atom. The van der Waals surface area contributed by atoms with Crippen LogP contribution in [0.5, 0.6) is 0 Å². The number of hydrogen-bond donors (Lipinski definition) is 1. The van der Waals surface area contributed by atoms with Crippen molar-refractivity contribution in [2.24, 2.45) is 4.36 Å². The summed E-state index contributed by atoms with van der Waals surface area (Å²) in [7, 11) is 1.59. The maximum atomic E-state index is 11.8. The molecule has 0 aliphatic carbocycles. The van der Waals surface area contributed by atoms with E-state index in [-0.39, 0.29) is 22.0 Å². The molecule has 2 atom stereocenters. The molecule has 86 valence electrons. The second-order valence-electron chi connectivity index (χ2n) is 3.38. The van der Waals surface area contributed by atoms with Crippen LogP contribution in [0.15, 0.2) is 15.9 Å². The summed E-state index contributed by atoms with van der Waals surface area (Å²) in [6.07, 6.45) is 2.52. The maximum absolute atomic E-state index is 11.8. The van der Waals surface area contributed by atoms with Gasteiger partial charge in [0.2, 0.25) is 5.55 Å². The van der Waals surface area contributed by atoms with Crippen molar-refractivity contribution in [2.45, 2.75) is 18.7 Å². The van der Waals surface area contributed by atoms with E-state index >= 15 is 0 Å². The van der Waals surface area contributed by atoms with Crippen LogP contribution in [0.1, 0.15) is 23.7 Å². The van der Waals surface area contributed by atoms with Gasteiger partial charge in [-0.3, -0.25) is 4.79 Å². The van der Waals surface area contributed by atoms with Crippen molar-refractivity contribution in [3.8, 4) is 0 Å². The summed E-state index contributed by atoms with van der Waals surface area (Å²) >= 11 is 1.27. The lowest BCUT2D eigenvalue weighted by Gasteiger charge is -2.11. The molecule has 2 unspecified atom stereocenters. The van der Waals surface area contributed by atoms with Crippen LogP contribution in [0.2, 0.25) is 0 Å². The first-order valence-electron chi connectivity index (χ1n) is 4.92. The summed E-state index contributed by atoms with van der Waals surface area (Å²) in [6.45, 7) is 2.09. The number of amides is 1. The fourth-order valence-corrected chi connectivity index (χ4v) is 3.59. The second-order valence-corrected chi connectivity index (χ2v) is 5.69. The smallest absolute Gasteiger partial charge is 0.266 e. The Hall–Kier alpha value is -1.08.